The molecule has 3 rings (SSSR count). The molecule has 0 N–H and O–H groups in total. The maximum atomic E-state index is 6.10. The van der Waals surface area contributed by atoms with E-state index in [1.165, 1.54) is 29.7 Å². The van der Waals surface area contributed by atoms with Crippen LogP contribution in [0.3, 0.4) is 0 Å². The Hall–Kier alpha value is -0.670. The van der Waals surface area contributed by atoms with Gasteiger partial charge in [-0.1, -0.05) is 12.1 Å². The molecule has 0 bridgehead atoms. The van der Waals surface area contributed by atoms with Crippen molar-refractivity contribution in [2.24, 2.45) is 0 Å². The van der Waals surface area contributed by atoms with Crippen LogP contribution in [-0.4, -0.2) is 20.1 Å². The quantitative estimate of drug-likeness (QED) is 0.782. The first kappa shape index (κ1) is 13.3. The lowest BCUT2D eigenvalue weighted by molar-refractivity contribution is 0.510. The van der Waals surface area contributed by atoms with E-state index in [1.54, 1.807) is 0 Å². The molecule has 1 aliphatic rings. The summed E-state index contributed by atoms with van der Waals surface area (Å²) in [7, 11) is 0. The molecule has 1 aromatic carbocycles. The number of fused-ring (bicyclic) bond motifs is 1. The molecule has 1 atom stereocenters. The summed E-state index contributed by atoms with van der Waals surface area (Å²) in [6, 6.07) is 6.31. The first-order chi connectivity index (χ1) is 9.13. The summed E-state index contributed by atoms with van der Waals surface area (Å²) in [5.74, 6) is 2.76. The standard InChI is InChI=1S/C15H19ClN2S/c1-11-5-3-6-12-14(11)18(13(9-16)17-12)10-15(2)7-4-8-19-15/h3,5-6H,4,7-10H2,1-2H3. The molecule has 1 fully saturated rings. The highest BCUT2D eigenvalue weighted by Gasteiger charge is 2.31. The third-order valence-electron chi connectivity index (χ3n) is 3.96. The van der Waals surface area contributed by atoms with Gasteiger partial charge in [0.25, 0.3) is 0 Å². The lowest BCUT2D eigenvalue weighted by atomic mass is 10.1. The smallest absolute Gasteiger partial charge is 0.124 e. The fourth-order valence-electron chi connectivity index (χ4n) is 2.98. The van der Waals surface area contributed by atoms with Crippen molar-refractivity contribution >= 4 is 34.4 Å². The minimum atomic E-state index is 0.330. The lowest BCUT2D eigenvalue weighted by Gasteiger charge is -2.24. The Morgan fingerprint density at radius 3 is 3.00 bits per heavy atom. The van der Waals surface area contributed by atoms with E-state index < -0.39 is 0 Å². The van der Waals surface area contributed by atoms with Crippen molar-refractivity contribution in [3.05, 3.63) is 29.6 Å². The topological polar surface area (TPSA) is 17.8 Å². The van der Waals surface area contributed by atoms with Crippen molar-refractivity contribution < 1.29 is 0 Å². The molecule has 2 aromatic rings. The molecule has 0 spiro atoms. The number of para-hydroxylation sites is 1. The highest BCUT2D eigenvalue weighted by atomic mass is 35.5. The van der Waals surface area contributed by atoms with Crippen molar-refractivity contribution in [2.75, 3.05) is 5.75 Å². The summed E-state index contributed by atoms with van der Waals surface area (Å²) < 4.78 is 2.67. The number of hydrogen-bond donors (Lipinski definition) is 0. The van der Waals surface area contributed by atoms with Gasteiger partial charge in [-0.25, -0.2) is 4.98 Å². The van der Waals surface area contributed by atoms with Crippen LogP contribution in [0.4, 0.5) is 0 Å². The minimum Gasteiger partial charge on any atom is -0.325 e. The molecule has 1 saturated heterocycles. The van der Waals surface area contributed by atoms with E-state index >= 15 is 0 Å². The van der Waals surface area contributed by atoms with Gasteiger partial charge in [-0.2, -0.15) is 11.8 Å². The Morgan fingerprint density at radius 1 is 1.47 bits per heavy atom. The predicted molar refractivity (Wildman–Crippen MR) is 84.1 cm³/mol. The van der Waals surface area contributed by atoms with E-state index in [-0.39, 0.29) is 0 Å². The van der Waals surface area contributed by atoms with Crippen LogP contribution in [0.2, 0.25) is 0 Å². The van der Waals surface area contributed by atoms with Gasteiger partial charge >= 0.3 is 0 Å². The molecule has 0 radical (unpaired) electrons. The first-order valence-corrected chi connectivity index (χ1v) is 8.30. The number of alkyl halides is 1. The molecule has 0 saturated carbocycles. The Labute approximate surface area is 123 Å². The van der Waals surface area contributed by atoms with Gasteiger partial charge in [0.2, 0.25) is 0 Å². The molecule has 0 aliphatic carbocycles. The zero-order valence-corrected chi connectivity index (χ0v) is 13.0. The van der Waals surface area contributed by atoms with Crippen LogP contribution < -0.4 is 0 Å². The molecule has 19 heavy (non-hydrogen) atoms. The van der Waals surface area contributed by atoms with Crippen LogP contribution in [0.15, 0.2) is 18.2 Å². The molecule has 1 unspecified atom stereocenters. The van der Waals surface area contributed by atoms with Crippen LogP contribution in [0.5, 0.6) is 0 Å². The average Bonchev–Trinajstić information content (AvgIpc) is 2.95. The zero-order valence-electron chi connectivity index (χ0n) is 11.4. The minimum absolute atomic E-state index is 0.330. The molecule has 1 aliphatic heterocycles. The summed E-state index contributed by atoms with van der Waals surface area (Å²) in [6.45, 7) is 5.54. The third kappa shape index (κ3) is 2.38. The number of nitrogens with zero attached hydrogens (tertiary/aromatic N) is 2. The number of aryl methyl sites for hydroxylation is 1. The Morgan fingerprint density at radius 2 is 2.32 bits per heavy atom. The van der Waals surface area contributed by atoms with Crippen LogP contribution in [0, 0.1) is 6.92 Å². The molecular formula is C15H19ClN2S. The molecule has 2 nitrogen and oxygen atoms in total. The fourth-order valence-corrected chi connectivity index (χ4v) is 4.48. The van der Waals surface area contributed by atoms with Crippen molar-refractivity contribution in [1.29, 1.82) is 0 Å². The third-order valence-corrected chi connectivity index (χ3v) is 5.72. The van der Waals surface area contributed by atoms with Crippen LogP contribution in [0.25, 0.3) is 11.0 Å². The van der Waals surface area contributed by atoms with Gasteiger partial charge < -0.3 is 4.57 Å². The first-order valence-electron chi connectivity index (χ1n) is 6.78. The van der Waals surface area contributed by atoms with Crippen LogP contribution >= 0.6 is 23.4 Å². The second kappa shape index (κ2) is 5.02. The monoisotopic (exact) mass is 294 g/mol. The van der Waals surface area contributed by atoms with Gasteiger partial charge in [0.1, 0.15) is 5.82 Å². The number of rotatable bonds is 3. The van der Waals surface area contributed by atoms with Gasteiger partial charge in [0.15, 0.2) is 0 Å². The van der Waals surface area contributed by atoms with E-state index in [4.69, 9.17) is 11.6 Å². The summed E-state index contributed by atoms with van der Waals surface area (Å²) in [4.78, 5) is 4.69. The van der Waals surface area contributed by atoms with E-state index in [9.17, 15) is 0 Å². The maximum Gasteiger partial charge on any atom is 0.124 e. The van der Waals surface area contributed by atoms with Crippen molar-refractivity contribution in [3.63, 3.8) is 0 Å². The van der Waals surface area contributed by atoms with Gasteiger partial charge in [-0.05, 0) is 44.1 Å². The number of hydrogen-bond acceptors (Lipinski definition) is 2. The zero-order chi connectivity index (χ0) is 13.5. The summed E-state index contributed by atoms with van der Waals surface area (Å²) >= 11 is 8.18. The SMILES string of the molecule is Cc1cccc2nc(CCl)n(CC3(C)CCCS3)c12. The van der Waals surface area contributed by atoms with Crippen molar-refractivity contribution in [1.82, 2.24) is 9.55 Å². The van der Waals surface area contributed by atoms with Crippen LogP contribution in [-0.2, 0) is 12.4 Å². The lowest BCUT2D eigenvalue weighted by Crippen LogP contribution is -2.24. The van der Waals surface area contributed by atoms with E-state index in [0.29, 0.717) is 10.6 Å². The summed E-state index contributed by atoms with van der Waals surface area (Å²) in [6.07, 6.45) is 2.61. The molecule has 102 valence electrons. The Kier molecular flexibility index (Phi) is 3.52. The Balaban J connectivity index is 2.10. The van der Waals surface area contributed by atoms with Gasteiger partial charge in [-0.15, -0.1) is 11.6 Å². The number of thioether (sulfide) groups is 1. The van der Waals surface area contributed by atoms with E-state index in [0.717, 1.165) is 17.9 Å². The average molecular weight is 295 g/mol. The second-order valence-corrected chi connectivity index (χ2v) is 7.54. The van der Waals surface area contributed by atoms with Crippen LogP contribution in [0.1, 0.15) is 31.2 Å². The normalized spacial score (nSPS) is 23.3. The van der Waals surface area contributed by atoms with Gasteiger partial charge in [0, 0.05) is 11.3 Å². The predicted octanol–water partition coefficient (Wildman–Crippen LogP) is 4.37. The van der Waals surface area contributed by atoms with Crippen molar-refractivity contribution in [2.45, 2.75) is 43.9 Å². The largest absolute Gasteiger partial charge is 0.325 e. The van der Waals surface area contributed by atoms with Crippen molar-refractivity contribution in [3.8, 4) is 0 Å². The number of benzene rings is 1. The van der Waals surface area contributed by atoms with E-state index in [2.05, 4.69) is 53.4 Å². The molecule has 2 heterocycles. The molecule has 1 aromatic heterocycles. The number of aromatic nitrogens is 2. The number of imidazole rings is 1. The molecule has 0 amide bonds. The molecule has 4 heteroatoms. The number of halogens is 1. The van der Waals surface area contributed by atoms with E-state index in [1.807, 2.05) is 0 Å². The highest BCUT2D eigenvalue weighted by Crippen LogP contribution is 2.40. The van der Waals surface area contributed by atoms with Gasteiger partial charge in [-0.3, -0.25) is 0 Å². The maximum absolute atomic E-state index is 6.10. The molecular weight excluding hydrogens is 276 g/mol. The highest BCUT2D eigenvalue weighted by molar-refractivity contribution is 8.00. The van der Waals surface area contributed by atoms with Gasteiger partial charge in [0.05, 0.1) is 16.9 Å². The summed E-state index contributed by atoms with van der Waals surface area (Å²) in [5.41, 5.74) is 3.61. The Bertz CT molecular complexity index is 599. The second-order valence-electron chi connectivity index (χ2n) is 5.59. The summed E-state index contributed by atoms with van der Waals surface area (Å²) in [5, 5.41) is 0. The fraction of sp³-hybridized carbons (Fsp3) is 0.533.